The lowest BCUT2D eigenvalue weighted by atomic mass is 10.0. The molecule has 0 aliphatic heterocycles. The molecule has 0 fully saturated rings. The summed E-state index contributed by atoms with van der Waals surface area (Å²) >= 11 is 0. The van der Waals surface area contributed by atoms with E-state index in [-0.39, 0.29) is 11.8 Å². The molecule has 0 heterocycles. The third kappa shape index (κ3) is 7.97. The lowest BCUT2D eigenvalue weighted by Crippen LogP contribution is -2.53. The first kappa shape index (κ1) is 20.4. The van der Waals surface area contributed by atoms with Gasteiger partial charge in [-0.2, -0.15) is 0 Å². The lowest BCUT2D eigenvalue weighted by molar-refractivity contribution is -0.142. The van der Waals surface area contributed by atoms with Gasteiger partial charge in [-0.15, -0.1) is 0 Å². The van der Waals surface area contributed by atoms with E-state index in [4.69, 9.17) is 10.8 Å². The van der Waals surface area contributed by atoms with Crippen LogP contribution >= 0.6 is 0 Å². The number of carboxylic acid groups (broad SMARTS) is 1. The normalized spacial score (nSPS) is 15.3. The first-order valence-corrected chi connectivity index (χ1v) is 7.63. The fourth-order valence-electron chi connectivity index (χ4n) is 1.99. The molecule has 128 valence electrons. The van der Waals surface area contributed by atoms with Crippen molar-refractivity contribution in [3.8, 4) is 0 Å². The Bertz CT molecular complexity index is 396. The van der Waals surface area contributed by atoms with Crippen LogP contribution in [0.2, 0.25) is 0 Å². The van der Waals surface area contributed by atoms with Crippen LogP contribution in [0.4, 0.5) is 0 Å². The molecule has 0 spiro atoms. The molecule has 0 aromatic heterocycles. The van der Waals surface area contributed by atoms with Crippen LogP contribution in [-0.4, -0.2) is 41.0 Å². The van der Waals surface area contributed by atoms with Crippen molar-refractivity contribution in [3.63, 3.8) is 0 Å². The maximum atomic E-state index is 12.0. The van der Waals surface area contributed by atoms with Gasteiger partial charge in [0.25, 0.3) is 0 Å². The summed E-state index contributed by atoms with van der Waals surface area (Å²) in [5.41, 5.74) is 5.74. The fraction of sp³-hybridized carbons (Fsp3) is 0.800. The molecular formula is C15H29N3O4. The van der Waals surface area contributed by atoms with E-state index >= 15 is 0 Å². The van der Waals surface area contributed by atoms with Gasteiger partial charge in [-0.1, -0.05) is 27.7 Å². The SMILES string of the molecule is CC(C)C[C@@H](N)C(=O)N[C@@H](C)C(=O)N[C@@H](CC(C)C)C(=O)O. The first-order valence-electron chi connectivity index (χ1n) is 7.63. The molecule has 0 bridgehead atoms. The van der Waals surface area contributed by atoms with Crippen LogP contribution in [0.3, 0.4) is 0 Å². The number of hydrogen-bond acceptors (Lipinski definition) is 4. The monoisotopic (exact) mass is 315 g/mol. The van der Waals surface area contributed by atoms with Crippen molar-refractivity contribution in [2.75, 3.05) is 0 Å². The zero-order valence-electron chi connectivity index (χ0n) is 14.1. The summed E-state index contributed by atoms with van der Waals surface area (Å²) in [6, 6.07) is -2.47. The highest BCUT2D eigenvalue weighted by molar-refractivity contribution is 5.91. The number of carboxylic acids is 1. The van der Waals surface area contributed by atoms with Crippen molar-refractivity contribution in [1.29, 1.82) is 0 Å². The maximum Gasteiger partial charge on any atom is 0.326 e. The number of amides is 2. The zero-order valence-corrected chi connectivity index (χ0v) is 14.1. The van der Waals surface area contributed by atoms with Gasteiger partial charge in [-0.3, -0.25) is 9.59 Å². The second kappa shape index (κ2) is 9.40. The molecule has 0 aliphatic carbocycles. The molecule has 0 rings (SSSR count). The number of carbonyl (C=O) groups is 3. The van der Waals surface area contributed by atoms with Gasteiger partial charge in [0.1, 0.15) is 12.1 Å². The minimum atomic E-state index is -1.09. The summed E-state index contributed by atoms with van der Waals surface area (Å²) in [6.45, 7) is 9.15. The van der Waals surface area contributed by atoms with E-state index in [1.807, 2.05) is 27.7 Å². The Balaban J connectivity index is 4.52. The molecule has 2 amide bonds. The number of nitrogens with two attached hydrogens (primary N) is 1. The van der Waals surface area contributed by atoms with Crippen molar-refractivity contribution in [3.05, 3.63) is 0 Å². The standard InChI is InChI=1S/C15H29N3O4/c1-8(2)6-11(16)14(20)17-10(5)13(19)18-12(15(21)22)7-9(3)4/h8-12H,6-7,16H2,1-5H3,(H,17,20)(H,18,19)(H,21,22)/t10-,11+,12-/m0/s1. The first-order chi connectivity index (χ1) is 10.0. The van der Waals surface area contributed by atoms with E-state index in [9.17, 15) is 14.4 Å². The van der Waals surface area contributed by atoms with E-state index in [0.717, 1.165) is 0 Å². The minimum absolute atomic E-state index is 0.130. The van der Waals surface area contributed by atoms with Gasteiger partial charge in [0.2, 0.25) is 11.8 Å². The van der Waals surface area contributed by atoms with E-state index in [1.54, 1.807) is 0 Å². The average Bonchev–Trinajstić information content (AvgIpc) is 2.35. The van der Waals surface area contributed by atoms with Crippen molar-refractivity contribution < 1.29 is 19.5 Å². The Labute approximate surface area is 132 Å². The quantitative estimate of drug-likeness (QED) is 0.493. The summed E-state index contributed by atoms with van der Waals surface area (Å²) in [6.07, 6.45) is 0.847. The smallest absolute Gasteiger partial charge is 0.326 e. The van der Waals surface area contributed by atoms with Gasteiger partial charge in [-0.25, -0.2) is 4.79 Å². The summed E-state index contributed by atoms with van der Waals surface area (Å²) in [4.78, 5) is 35.0. The van der Waals surface area contributed by atoms with Crippen LogP contribution in [0.15, 0.2) is 0 Å². The highest BCUT2D eigenvalue weighted by Crippen LogP contribution is 2.06. The highest BCUT2D eigenvalue weighted by atomic mass is 16.4. The topological polar surface area (TPSA) is 122 Å². The predicted octanol–water partition coefficient (Wildman–Crippen LogP) is 0.480. The fourth-order valence-corrected chi connectivity index (χ4v) is 1.99. The van der Waals surface area contributed by atoms with E-state index in [2.05, 4.69) is 10.6 Å². The Kier molecular flexibility index (Phi) is 8.70. The molecule has 0 unspecified atom stereocenters. The molecule has 7 heteroatoms. The Morgan fingerprint density at radius 3 is 1.82 bits per heavy atom. The molecule has 0 aromatic carbocycles. The third-order valence-corrected chi connectivity index (χ3v) is 3.14. The molecule has 5 N–H and O–H groups in total. The van der Waals surface area contributed by atoms with E-state index < -0.39 is 35.9 Å². The second-order valence-corrected chi connectivity index (χ2v) is 6.50. The molecule has 0 aliphatic rings. The molecular weight excluding hydrogens is 286 g/mol. The minimum Gasteiger partial charge on any atom is -0.480 e. The van der Waals surface area contributed by atoms with Crippen molar-refractivity contribution in [1.82, 2.24) is 10.6 Å². The van der Waals surface area contributed by atoms with Gasteiger partial charge in [0.15, 0.2) is 0 Å². The van der Waals surface area contributed by atoms with Crippen LogP contribution in [0.1, 0.15) is 47.5 Å². The van der Waals surface area contributed by atoms with Gasteiger partial charge < -0.3 is 21.5 Å². The van der Waals surface area contributed by atoms with Crippen LogP contribution in [0, 0.1) is 11.8 Å². The van der Waals surface area contributed by atoms with Crippen LogP contribution in [0.5, 0.6) is 0 Å². The van der Waals surface area contributed by atoms with E-state index in [1.165, 1.54) is 6.92 Å². The van der Waals surface area contributed by atoms with E-state index in [0.29, 0.717) is 12.8 Å². The van der Waals surface area contributed by atoms with Crippen molar-refractivity contribution in [2.24, 2.45) is 17.6 Å². The zero-order chi connectivity index (χ0) is 17.4. The van der Waals surface area contributed by atoms with Crippen LogP contribution < -0.4 is 16.4 Å². The summed E-state index contributed by atoms with van der Waals surface area (Å²) < 4.78 is 0. The predicted molar refractivity (Wildman–Crippen MR) is 84.1 cm³/mol. The van der Waals surface area contributed by atoms with Gasteiger partial charge in [-0.05, 0) is 31.6 Å². The summed E-state index contributed by atoms with van der Waals surface area (Å²) in [7, 11) is 0. The Morgan fingerprint density at radius 2 is 1.41 bits per heavy atom. The number of carbonyl (C=O) groups excluding carboxylic acids is 2. The number of hydrogen-bond donors (Lipinski definition) is 4. The number of aliphatic carboxylic acids is 1. The summed E-state index contributed by atoms with van der Waals surface area (Å²) in [5.74, 6) is -1.62. The Morgan fingerprint density at radius 1 is 0.909 bits per heavy atom. The average molecular weight is 315 g/mol. The second-order valence-electron chi connectivity index (χ2n) is 6.50. The molecule has 22 heavy (non-hydrogen) atoms. The molecule has 3 atom stereocenters. The molecule has 0 radical (unpaired) electrons. The van der Waals surface area contributed by atoms with Crippen molar-refractivity contribution in [2.45, 2.75) is 65.6 Å². The number of nitrogens with one attached hydrogen (secondary N) is 2. The Hall–Kier alpha value is -1.63. The lowest BCUT2D eigenvalue weighted by Gasteiger charge is -2.21. The summed E-state index contributed by atoms with van der Waals surface area (Å²) in [5, 5.41) is 14.1. The number of rotatable bonds is 9. The van der Waals surface area contributed by atoms with Gasteiger partial charge in [0, 0.05) is 0 Å². The van der Waals surface area contributed by atoms with Crippen LogP contribution in [0.25, 0.3) is 0 Å². The molecule has 0 saturated heterocycles. The van der Waals surface area contributed by atoms with Crippen LogP contribution in [-0.2, 0) is 14.4 Å². The van der Waals surface area contributed by atoms with Gasteiger partial charge in [0.05, 0.1) is 6.04 Å². The van der Waals surface area contributed by atoms with Gasteiger partial charge >= 0.3 is 5.97 Å². The molecule has 0 saturated carbocycles. The maximum absolute atomic E-state index is 12.0. The largest absolute Gasteiger partial charge is 0.480 e. The third-order valence-electron chi connectivity index (χ3n) is 3.14. The highest BCUT2D eigenvalue weighted by Gasteiger charge is 2.25. The molecule has 0 aromatic rings. The van der Waals surface area contributed by atoms with Crippen molar-refractivity contribution >= 4 is 17.8 Å². The molecule has 7 nitrogen and oxygen atoms in total.